The van der Waals surface area contributed by atoms with Gasteiger partial charge >= 0.3 is 0 Å². The molecule has 0 spiro atoms. The molecule has 7 nitrogen and oxygen atoms in total. The fourth-order valence-electron chi connectivity index (χ4n) is 4.74. The highest BCUT2D eigenvalue weighted by Gasteiger charge is 2.33. The molecular formula is C25H30N4O3S2. The molecule has 180 valence electrons. The minimum atomic E-state index is -3.03. The summed E-state index contributed by atoms with van der Waals surface area (Å²) in [6, 6.07) is 8.32. The SMILES string of the molecule is C=CCn1c(SCC(=O)c2cc(C)n(-c3cc(C)cc(C)c3)c2C)nnc1C1CCS(=O)(=O)C1. The predicted octanol–water partition coefficient (Wildman–Crippen LogP) is 4.37. The van der Waals surface area contributed by atoms with Crippen LogP contribution < -0.4 is 0 Å². The molecule has 0 saturated carbocycles. The lowest BCUT2D eigenvalue weighted by Gasteiger charge is -2.12. The number of aryl methyl sites for hydroxylation is 3. The average molecular weight is 499 g/mol. The number of benzene rings is 1. The first kappa shape index (κ1) is 24.5. The van der Waals surface area contributed by atoms with Crippen LogP contribution in [0.25, 0.3) is 5.69 Å². The number of Topliss-reactive ketones (excluding diaryl/α,β-unsaturated/α-hetero) is 1. The average Bonchev–Trinajstić information content (AvgIpc) is 3.40. The van der Waals surface area contributed by atoms with Crippen molar-refractivity contribution in [2.75, 3.05) is 17.3 Å². The summed E-state index contributed by atoms with van der Waals surface area (Å²) in [5, 5.41) is 9.18. The standard InChI is InChI=1S/C25H30N4O3S2/c1-6-8-28-24(20-7-9-34(31,32)15-20)26-27-25(28)33-14-23(30)22-13-18(4)29(19(22)5)21-11-16(2)10-17(3)12-21/h6,10-13,20H,1,7-9,14-15H2,2-5H3. The number of ketones is 1. The fraction of sp³-hybridized carbons (Fsp3) is 0.400. The molecule has 1 aromatic carbocycles. The van der Waals surface area contributed by atoms with Gasteiger partial charge in [-0.2, -0.15) is 0 Å². The first-order valence-corrected chi connectivity index (χ1v) is 14.1. The largest absolute Gasteiger partial charge is 0.318 e. The lowest BCUT2D eigenvalue weighted by Crippen LogP contribution is -2.12. The van der Waals surface area contributed by atoms with Crippen molar-refractivity contribution < 1.29 is 13.2 Å². The van der Waals surface area contributed by atoms with Gasteiger partial charge in [-0.1, -0.05) is 23.9 Å². The second-order valence-corrected chi connectivity index (χ2v) is 12.2. The van der Waals surface area contributed by atoms with E-state index in [1.165, 1.54) is 22.9 Å². The maximum absolute atomic E-state index is 13.2. The van der Waals surface area contributed by atoms with Crippen molar-refractivity contribution in [3.05, 3.63) is 70.8 Å². The van der Waals surface area contributed by atoms with Gasteiger partial charge < -0.3 is 9.13 Å². The second kappa shape index (κ2) is 9.54. The summed E-state index contributed by atoms with van der Waals surface area (Å²) in [7, 11) is -3.03. The normalized spacial score (nSPS) is 17.2. The Morgan fingerprint density at radius 1 is 1.15 bits per heavy atom. The van der Waals surface area contributed by atoms with Crippen LogP contribution in [0.1, 0.15) is 51.0 Å². The molecule has 1 aliphatic heterocycles. The molecule has 9 heteroatoms. The number of nitrogens with zero attached hydrogens (tertiary/aromatic N) is 4. The van der Waals surface area contributed by atoms with E-state index in [0.717, 1.165) is 17.1 Å². The van der Waals surface area contributed by atoms with Crippen LogP contribution in [0.3, 0.4) is 0 Å². The van der Waals surface area contributed by atoms with Crippen molar-refractivity contribution in [3.8, 4) is 5.69 Å². The third-order valence-corrected chi connectivity index (χ3v) is 8.92. The number of allylic oxidation sites excluding steroid dienone is 1. The van der Waals surface area contributed by atoms with Crippen LogP contribution in [0.15, 0.2) is 42.1 Å². The van der Waals surface area contributed by atoms with Gasteiger partial charge in [0.05, 0.1) is 17.3 Å². The third kappa shape index (κ3) is 4.90. The van der Waals surface area contributed by atoms with Crippen LogP contribution in [0, 0.1) is 27.7 Å². The molecule has 0 bridgehead atoms. The highest BCUT2D eigenvalue weighted by molar-refractivity contribution is 7.99. The number of rotatable bonds is 8. The van der Waals surface area contributed by atoms with E-state index in [1.54, 1.807) is 6.08 Å². The molecular weight excluding hydrogens is 468 g/mol. The highest BCUT2D eigenvalue weighted by Crippen LogP contribution is 2.31. The number of aromatic nitrogens is 4. The molecule has 0 N–H and O–H groups in total. The molecule has 0 radical (unpaired) electrons. The van der Waals surface area contributed by atoms with Crippen LogP contribution in [0.4, 0.5) is 0 Å². The smallest absolute Gasteiger partial charge is 0.191 e. The summed E-state index contributed by atoms with van der Waals surface area (Å²) in [4.78, 5) is 13.2. The summed E-state index contributed by atoms with van der Waals surface area (Å²) in [6.45, 7) is 12.4. The van der Waals surface area contributed by atoms with Crippen LogP contribution >= 0.6 is 11.8 Å². The summed E-state index contributed by atoms with van der Waals surface area (Å²) < 4.78 is 27.9. The van der Waals surface area contributed by atoms with Crippen LogP contribution in [0.5, 0.6) is 0 Å². The van der Waals surface area contributed by atoms with E-state index in [2.05, 4.69) is 53.4 Å². The first-order valence-electron chi connectivity index (χ1n) is 11.3. The van der Waals surface area contributed by atoms with Crippen molar-refractivity contribution in [1.82, 2.24) is 19.3 Å². The molecule has 3 aromatic rings. The Bertz CT molecular complexity index is 1350. The highest BCUT2D eigenvalue weighted by atomic mass is 32.2. The third-order valence-electron chi connectivity index (χ3n) is 6.18. The van der Waals surface area contributed by atoms with Gasteiger partial charge in [0.15, 0.2) is 20.8 Å². The van der Waals surface area contributed by atoms with E-state index in [-0.39, 0.29) is 29.0 Å². The first-order chi connectivity index (χ1) is 16.1. The van der Waals surface area contributed by atoms with Crippen molar-refractivity contribution in [2.45, 2.75) is 51.7 Å². The molecule has 2 aromatic heterocycles. The summed E-state index contributed by atoms with van der Waals surface area (Å²) in [5.41, 5.74) is 6.03. The monoisotopic (exact) mass is 498 g/mol. The van der Waals surface area contributed by atoms with Crippen molar-refractivity contribution in [3.63, 3.8) is 0 Å². The van der Waals surface area contributed by atoms with Crippen LogP contribution in [-0.2, 0) is 16.4 Å². The number of hydrogen-bond donors (Lipinski definition) is 0. The van der Waals surface area contributed by atoms with Gasteiger partial charge in [0.1, 0.15) is 5.82 Å². The minimum absolute atomic E-state index is 0.0203. The van der Waals surface area contributed by atoms with Crippen molar-refractivity contribution in [2.24, 2.45) is 0 Å². The second-order valence-electron chi connectivity index (χ2n) is 9.02. The number of carbonyl (C=O) groups excluding carboxylic acids is 1. The molecule has 0 aliphatic carbocycles. The zero-order chi connectivity index (χ0) is 24.6. The summed E-state index contributed by atoms with van der Waals surface area (Å²) in [6.07, 6.45) is 2.28. The van der Waals surface area contributed by atoms with Gasteiger partial charge in [-0.05, 0) is 63.4 Å². The molecule has 1 fully saturated rings. The van der Waals surface area contributed by atoms with E-state index in [0.29, 0.717) is 29.5 Å². The Hall–Kier alpha value is -2.65. The van der Waals surface area contributed by atoms with Gasteiger partial charge in [-0.25, -0.2) is 8.42 Å². The maximum atomic E-state index is 13.2. The molecule has 4 rings (SSSR count). The van der Waals surface area contributed by atoms with E-state index < -0.39 is 9.84 Å². The number of sulfone groups is 1. The number of carbonyl (C=O) groups is 1. The lowest BCUT2D eigenvalue weighted by molar-refractivity contribution is 0.102. The predicted molar refractivity (Wildman–Crippen MR) is 136 cm³/mol. The molecule has 34 heavy (non-hydrogen) atoms. The quantitative estimate of drug-likeness (QED) is 0.260. The lowest BCUT2D eigenvalue weighted by atomic mass is 10.1. The molecule has 0 amide bonds. The zero-order valence-corrected chi connectivity index (χ0v) is 21.7. The molecule has 1 aliphatic rings. The Morgan fingerprint density at radius 2 is 1.85 bits per heavy atom. The van der Waals surface area contributed by atoms with E-state index >= 15 is 0 Å². The molecule has 3 heterocycles. The molecule has 1 saturated heterocycles. The maximum Gasteiger partial charge on any atom is 0.191 e. The summed E-state index contributed by atoms with van der Waals surface area (Å²) in [5.74, 6) is 0.997. The fourth-order valence-corrected chi connectivity index (χ4v) is 7.32. The van der Waals surface area contributed by atoms with Crippen molar-refractivity contribution >= 4 is 27.4 Å². The Labute approximate surface area is 205 Å². The molecule has 1 unspecified atom stereocenters. The van der Waals surface area contributed by atoms with E-state index in [4.69, 9.17) is 0 Å². The van der Waals surface area contributed by atoms with Crippen molar-refractivity contribution in [1.29, 1.82) is 0 Å². The van der Waals surface area contributed by atoms with Gasteiger partial charge in [-0.15, -0.1) is 16.8 Å². The Kier molecular flexibility index (Phi) is 6.87. The van der Waals surface area contributed by atoms with Gasteiger partial charge in [-0.3, -0.25) is 4.79 Å². The zero-order valence-electron chi connectivity index (χ0n) is 20.0. The van der Waals surface area contributed by atoms with E-state index in [1.807, 2.05) is 24.5 Å². The topological polar surface area (TPSA) is 86.8 Å². The van der Waals surface area contributed by atoms with E-state index in [9.17, 15) is 13.2 Å². The van der Waals surface area contributed by atoms with Gasteiger partial charge in [0.2, 0.25) is 0 Å². The Balaban J connectivity index is 1.55. The van der Waals surface area contributed by atoms with Gasteiger partial charge in [0.25, 0.3) is 0 Å². The molecule has 1 atom stereocenters. The van der Waals surface area contributed by atoms with Gasteiger partial charge in [0, 0.05) is 35.1 Å². The number of hydrogen-bond acceptors (Lipinski definition) is 6. The summed E-state index contributed by atoms with van der Waals surface area (Å²) >= 11 is 1.33. The Morgan fingerprint density at radius 3 is 2.47 bits per heavy atom. The van der Waals surface area contributed by atoms with Crippen LogP contribution in [-0.4, -0.2) is 50.8 Å². The van der Waals surface area contributed by atoms with Crippen LogP contribution in [0.2, 0.25) is 0 Å². The minimum Gasteiger partial charge on any atom is -0.318 e. The number of thioether (sulfide) groups is 1.